The average molecular weight is 402 g/mol. The topological polar surface area (TPSA) is 74.7 Å². The van der Waals surface area contributed by atoms with E-state index in [0.29, 0.717) is 18.0 Å². The van der Waals surface area contributed by atoms with Crippen molar-refractivity contribution in [3.8, 4) is 0 Å². The van der Waals surface area contributed by atoms with Gasteiger partial charge in [-0.05, 0) is 54.2 Å². The summed E-state index contributed by atoms with van der Waals surface area (Å²) in [6, 6.07) is 4.19. The molecular formula is C24H35NO4. The van der Waals surface area contributed by atoms with Gasteiger partial charge in [-0.15, -0.1) is 0 Å². The van der Waals surface area contributed by atoms with Crippen molar-refractivity contribution in [3.63, 3.8) is 0 Å². The lowest BCUT2D eigenvalue weighted by Gasteiger charge is -2.53. The largest absolute Gasteiger partial charge is 0.478 e. The minimum absolute atomic E-state index is 0.0123. The zero-order chi connectivity index (χ0) is 22.0. The molecular weight excluding hydrogens is 366 g/mol. The number of carbonyl (C=O) groups is 3. The summed E-state index contributed by atoms with van der Waals surface area (Å²) in [5.74, 6) is -1.33. The lowest BCUT2D eigenvalue weighted by atomic mass is 9.53. The minimum atomic E-state index is -1.10. The first kappa shape index (κ1) is 23.1. The van der Waals surface area contributed by atoms with E-state index in [1.54, 1.807) is 0 Å². The zero-order valence-electron chi connectivity index (χ0n) is 18.7. The monoisotopic (exact) mass is 401 g/mol. The number of nitrogens with zero attached hydrogens (tertiary/aromatic N) is 1. The average Bonchev–Trinajstić information content (AvgIpc) is 2.95. The van der Waals surface area contributed by atoms with E-state index in [4.69, 9.17) is 0 Å². The number of carbonyl (C=O) groups excluding carboxylic acids is 2. The summed E-state index contributed by atoms with van der Waals surface area (Å²) in [6.45, 7) is 13.7. The van der Waals surface area contributed by atoms with Crippen LogP contribution in [0, 0.1) is 16.7 Å². The highest BCUT2D eigenvalue weighted by molar-refractivity contribution is 6.22. The summed E-state index contributed by atoms with van der Waals surface area (Å²) in [6.07, 6.45) is 4.88. The van der Waals surface area contributed by atoms with Crippen molar-refractivity contribution in [3.05, 3.63) is 34.9 Å². The normalized spacial score (nSPS) is 17.2. The second-order valence-corrected chi connectivity index (χ2v) is 8.73. The van der Waals surface area contributed by atoms with Gasteiger partial charge in [0, 0.05) is 6.54 Å². The van der Waals surface area contributed by atoms with Gasteiger partial charge in [0.1, 0.15) is 0 Å². The van der Waals surface area contributed by atoms with E-state index in [9.17, 15) is 19.5 Å². The molecule has 0 bridgehead atoms. The minimum Gasteiger partial charge on any atom is -0.478 e. The maximum atomic E-state index is 13.1. The molecule has 0 aromatic heterocycles. The Kier molecular flexibility index (Phi) is 6.92. The van der Waals surface area contributed by atoms with Crippen LogP contribution in [-0.2, 0) is 0 Å². The molecule has 0 saturated carbocycles. The highest BCUT2D eigenvalue weighted by Crippen LogP contribution is 2.54. The first-order chi connectivity index (χ1) is 13.6. The van der Waals surface area contributed by atoms with Gasteiger partial charge >= 0.3 is 5.97 Å². The number of aromatic carboxylic acids is 1. The third kappa shape index (κ3) is 3.72. The second-order valence-electron chi connectivity index (χ2n) is 8.73. The zero-order valence-corrected chi connectivity index (χ0v) is 18.7. The van der Waals surface area contributed by atoms with Crippen LogP contribution >= 0.6 is 0 Å². The smallest absolute Gasteiger partial charge is 0.335 e. The van der Waals surface area contributed by atoms with Gasteiger partial charge < -0.3 is 5.11 Å². The summed E-state index contributed by atoms with van der Waals surface area (Å²) in [7, 11) is 0. The predicted octanol–water partition coefficient (Wildman–Crippen LogP) is 5.64. The number of carboxylic acids is 1. The van der Waals surface area contributed by atoms with Gasteiger partial charge in [-0.2, -0.15) is 0 Å². The number of imide groups is 1. The molecule has 1 heterocycles. The van der Waals surface area contributed by atoms with E-state index in [0.717, 1.165) is 32.1 Å². The molecule has 1 aromatic carbocycles. The van der Waals surface area contributed by atoms with Crippen molar-refractivity contribution in [2.24, 2.45) is 16.7 Å². The summed E-state index contributed by atoms with van der Waals surface area (Å²) >= 11 is 0. The van der Waals surface area contributed by atoms with Crippen molar-refractivity contribution in [2.75, 3.05) is 6.54 Å². The molecule has 1 aliphatic heterocycles. The maximum Gasteiger partial charge on any atom is 0.335 e. The lowest BCUT2D eigenvalue weighted by Crippen LogP contribution is -2.52. The van der Waals surface area contributed by atoms with Crippen LogP contribution in [0.15, 0.2) is 18.2 Å². The van der Waals surface area contributed by atoms with E-state index < -0.39 is 5.97 Å². The van der Waals surface area contributed by atoms with Crippen LogP contribution < -0.4 is 0 Å². The fourth-order valence-electron chi connectivity index (χ4n) is 5.34. The molecule has 1 aromatic rings. The van der Waals surface area contributed by atoms with Crippen molar-refractivity contribution in [1.82, 2.24) is 4.90 Å². The highest BCUT2D eigenvalue weighted by Gasteiger charge is 2.51. The van der Waals surface area contributed by atoms with Gasteiger partial charge in [-0.3, -0.25) is 14.5 Å². The molecule has 2 atom stereocenters. The van der Waals surface area contributed by atoms with Crippen LogP contribution in [0.4, 0.5) is 0 Å². The molecule has 1 N–H and O–H groups in total. The van der Waals surface area contributed by atoms with E-state index in [2.05, 4.69) is 41.5 Å². The van der Waals surface area contributed by atoms with Crippen LogP contribution in [-0.4, -0.2) is 34.3 Å². The SMILES string of the molecule is CCCC(C)(C(C)CC)C(CC)(CC)CN1C(=O)c2ccc(C(=O)O)cc2C1=O. The first-order valence-electron chi connectivity index (χ1n) is 10.9. The fraction of sp³-hybridized carbons (Fsp3) is 0.625. The summed E-state index contributed by atoms with van der Waals surface area (Å²) in [5.41, 5.74) is 0.334. The predicted molar refractivity (Wildman–Crippen MR) is 114 cm³/mol. The van der Waals surface area contributed by atoms with E-state index in [1.165, 1.54) is 23.1 Å². The Labute approximate surface area is 174 Å². The Balaban J connectivity index is 2.48. The summed E-state index contributed by atoms with van der Waals surface area (Å²) in [5, 5.41) is 9.24. The number of hydrogen-bond donors (Lipinski definition) is 1. The second kappa shape index (κ2) is 8.68. The number of fused-ring (bicyclic) bond motifs is 1. The molecule has 0 spiro atoms. The molecule has 0 saturated heterocycles. The van der Waals surface area contributed by atoms with E-state index >= 15 is 0 Å². The standard InChI is InChI=1S/C24H35NO4/c1-7-13-23(6,16(5)8-2)24(9-3,10-4)15-25-20(26)18-12-11-17(22(28)29)14-19(18)21(25)27/h11-12,14,16H,7-10,13,15H2,1-6H3,(H,28,29). The highest BCUT2D eigenvalue weighted by atomic mass is 16.4. The molecule has 160 valence electrons. The van der Waals surface area contributed by atoms with Crippen molar-refractivity contribution < 1.29 is 19.5 Å². The van der Waals surface area contributed by atoms with E-state index in [1.807, 2.05) is 0 Å². The number of carboxylic acid groups (broad SMARTS) is 1. The van der Waals surface area contributed by atoms with Crippen molar-refractivity contribution in [2.45, 2.75) is 73.6 Å². The van der Waals surface area contributed by atoms with Crippen LogP contribution in [0.2, 0.25) is 0 Å². The Morgan fingerprint density at radius 1 is 1.07 bits per heavy atom. The lowest BCUT2D eigenvalue weighted by molar-refractivity contribution is -0.0365. The number of rotatable bonds is 10. The van der Waals surface area contributed by atoms with Crippen LogP contribution in [0.1, 0.15) is 105 Å². The molecule has 29 heavy (non-hydrogen) atoms. The van der Waals surface area contributed by atoms with Gasteiger partial charge in [-0.1, -0.05) is 54.4 Å². The summed E-state index contributed by atoms with van der Waals surface area (Å²) < 4.78 is 0. The van der Waals surface area contributed by atoms with Crippen LogP contribution in [0.5, 0.6) is 0 Å². The number of amides is 2. The third-order valence-corrected chi connectivity index (χ3v) is 7.71. The first-order valence-corrected chi connectivity index (χ1v) is 10.9. The molecule has 1 aliphatic rings. The van der Waals surface area contributed by atoms with Gasteiger partial charge in [0.15, 0.2) is 0 Å². The fourth-order valence-corrected chi connectivity index (χ4v) is 5.34. The van der Waals surface area contributed by atoms with Crippen LogP contribution in [0.25, 0.3) is 0 Å². The van der Waals surface area contributed by atoms with Gasteiger partial charge in [-0.25, -0.2) is 4.79 Å². The Morgan fingerprint density at radius 2 is 1.66 bits per heavy atom. The van der Waals surface area contributed by atoms with E-state index in [-0.39, 0.29) is 33.8 Å². The summed E-state index contributed by atoms with van der Waals surface area (Å²) in [4.78, 5) is 38.9. The molecule has 5 nitrogen and oxygen atoms in total. The van der Waals surface area contributed by atoms with Crippen LogP contribution in [0.3, 0.4) is 0 Å². The third-order valence-electron chi connectivity index (χ3n) is 7.71. The number of benzene rings is 1. The Bertz CT molecular complexity index is 796. The molecule has 2 unspecified atom stereocenters. The van der Waals surface area contributed by atoms with Gasteiger partial charge in [0.2, 0.25) is 0 Å². The molecule has 2 rings (SSSR count). The molecule has 5 heteroatoms. The maximum absolute atomic E-state index is 13.1. The Morgan fingerprint density at radius 3 is 2.14 bits per heavy atom. The van der Waals surface area contributed by atoms with Gasteiger partial charge in [0.25, 0.3) is 11.8 Å². The quantitative estimate of drug-likeness (QED) is 0.515. The van der Waals surface area contributed by atoms with Crippen molar-refractivity contribution >= 4 is 17.8 Å². The number of hydrogen-bond acceptors (Lipinski definition) is 3. The Hall–Kier alpha value is -2.17. The molecule has 2 amide bonds. The molecule has 0 fully saturated rings. The molecule has 0 aliphatic carbocycles. The van der Waals surface area contributed by atoms with Gasteiger partial charge in [0.05, 0.1) is 16.7 Å². The van der Waals surface area contributed by atoms with Crippen molar-refractivity contribution in [1.29, 1.82) is 0 Å². The molecule has 0 radical (unpaired) electrons.